The summed E-state index contributed by atoms with van der Waals surface area (Å²) in [4.78, 5) is 9.09. The van der Waals surface area contributed by atoms with Gasteiger partial charge in [-0.1, -0.05) is 17.7 Å². The molecule has 0 saturated carbocycles. The molecule has 7 nitrogen and oxygen atoms in total. The molecule has 0 aliphatic carbocycles. The van der Waals surface area contributed by atoms with Crippen molar-refractivity contribution in [2.45, 2.75) is 0 Å². The van der Waals surface area contributed by atoms with Crippen LogP contribution in [0.1, 0.15) is 0 Å². The first kappa shape index (κ1) is 14.9. The molecule has 5 aromatic rings. The number of benzene rings is 2. The molecule has 0 aliphatic rings. The molecule has 26 heavy (non-hydrogen) atoms. The van der Waals surface area contributed by atoms with E-state index in [4.69, 9.17) is 11.6 Å². The molecule has 0 bridgehead atoms. The van der Waals surface area contributed by atoms with Gasteiger partial charge in [0, 0.05) is 10.6 Å². The molecule has 0 unspecified atom stereocenters. The quantitative estimate of drug-likeness (QED) is 0.520. The van der Waals surface area contributed by atoms with Crippen LogP contribution in [-0.2, 0) is 0 Å². The number of nitrogens with zero attached hydrogens (tertiary/aromatic N) is 6. The number of halogens is 1. The molecule has 0 fully saturated rings. The average molecular weight is 363 g/mol. The summed E-state index contributed by atoms with van der Waals surface area (Å²) < 4.78 is 3.34. The van der Waals surface area contributed by atoms with Gasteiger partial charge in [0.25, 0.3) is 0 Å². The van der Waals surface area contributed by atoms with Crippen LogP contribution >= 0.6 is 11.6 Å². The number of hydrogen-bond acceptors (Lipinski definition) is 5. The molecule has 0 saturated heterocycles. The Labute approximate surface area is 152 Å². The maximum Gasteiger partial charge on any atom is 0.182 e. The van der Waals surface area contributed by atoms with E-state index in [1.165, 1.54) is 0 Å². The number of rotatable bonds is 2. The number of aromatic hydroxyl groups is 1. The topological polar surface area (TPSA) is 81.1 Å². The summed E-state index contributed by atoms with van der Waals surface area (Å²) in [7, 11) is 0. The smallest absolute Gasteiger partial charge is 0.182 e. The number of fused-ring (bicyclic) bond motifs is 3. The summed E-state index contributed by atoms with van der Waals surface area (Å²) in [5.74, 6) is 0.749. The molecule has 126 valence electrons. The van der Waals surface area contributed by atoms with Gasteiger partial charge in [0.2, 0.25) is 0 Å². The molecule has 1 N–H and O–H groups in total. The summed E-state index contributed by atoms with van der Waals surface area (Å²) in [6.07, 6.45) is 3.32. The van der Waals surface area contributed by atoms with Crippen molar-refractivity contribution in [3.05, 3.63) is 66.1 Å². The maximum absolute atomic E-state index is 9.44. The highest BCUT2D eigenvalue weighted by atomic mass is 35.5. The van der Waals surface area contributed by atoms with Gasteiger partial charge in [-0.15, -0.1) is 5.10 Å². The van der Waals surface area contributed by atoms with Crippen molar-refractivity contribution in [2.75, 3.05) is 0 Å². The summed E-state index contributed by atoms with van der Waals surface area (Å²) in [5.41, 5.74) is 2.96. The Kier molecular flexibility index (Phi) is 3.16. The number of phenols is 1. The van der Waals surface area contributed by atoms with Crippen molar-refractivity contribution in [1.29, 1.82) is 0 Å². The minimum atomic E-state index is 0.198. The highest BCUT2D eigenvalue weighted by Crippen LogP contribution is 2.24. The Morgan fingerprint density at radius 2 is 1.85 bits per heavy atom. The van der Waals surface area contributed by atoms with Gasteiger partial charge in [0.15, 0.2) is 17.1 Å². The van der Waals surface area contributed by atoms with Gasteiger partial charge in [-0.3, -0.25) is 0 Å². The summed E-state index contributed by atoms with van der Waals surface area (Å²) in [6, 6.07) is 14.2. The molecule has 0 spiro atoms. The van der Waals surface area contributed by atoms with Crippen LogP contribution in [0.2, 0.25) is 5.02 Å². The van der Waals surface area contributed by atoms with E-state index in [0.29, 0.717) is 22.1 Å². The Hall–Kier alpha value is -3.45. The molecule has 2 aromatic carbocycles. The molecule has 8 heteroatoms. The van der Waals surface area contributed by atoms with Crippen molar-refractivity contribution in [1.82, 2.24) is 29.4 Å². The second-order valence-electron chi connectivity index (χ2n) is 5.77. The molecule has 3 heterocycles. The fraction of sp³-hybridized carbons (Fsp3) is 0. The largest absolute Gasteiger partial charge is 0.508 e. The molecule has 0 amide bonds. The molecule has 0 atom stereocenters. The van der Waals surface area contributed by atoms with Crippen LogP contribution in [0, 0.1) is 0 Å². The predicted octanol–water partition coefficient (Wildman–Crippen LogP) is 3.49. The van der Waals surface area contributed by atoms with Gasteiger partial charge in [-0.2, -0.15) is 5.10 Å². The lowest BCUT2D eigenvalue weighted by molar-refractivity contribution is 0.475. The molecule has 0 radical (unpaired) electrons. The SMILES string of the molecule is Oc1ccc(-c2nc3c4cnn(-c5cccc(Cl)c5)c4ncn3n2)cc1. The third-order valence-corrected chi connectivity index (χ3v) is 4.32. The second-order valence-corrected chi connectivity index (χ2v) is 6.20. The lowest BCUT2D eigenvalue weighted by Gasteiger charge is -2.02. The zero-order valence-corrected chi connectivity index (χ0v) is 14.0. The predicted molar refractivity (Wildman–Crippen MR) is 97.5 cm³/mol. The zero-order valence-electron chi connectivity index (χ0n) is 13.3. The van der Waals surface area contributed by atoms with Crippen molar-refractivity contribution >= 4 is 28.3 Å². The standard InChI is InChI=1S/C18H11ClN6O/c19-12-2-1-3-13(8-12)25-17-15(9-21-25)18-22-16(23-24(18)10-20-17)11-4-6-14(26)7-5-11/h1-10,26H. The summed E-state index contributed by atoms with van der Waals surface area (Å²) >= 11 is 6.08. The Bertz CT molecular complexity index is 1260. The first-order valence-electron chi connectivity index (χ1n) is 7.83. The normalized spacial score (nSPS) is 11.4. The van der Waals surface area contributed by atoms with E-state index in [-0.39, 0.29) is 5.75 Å². The van der Waals surface area contributed by atoms with Crippen LogP contribution in [0.25, 0.3) is 33.8 Å². The van der Waals surface area contributed by atoms with Gasteiger partial charge in [0.1, 0.15) is 12.1 Å². The van der Waals surface area contributed by atoms with Gasteiger partial charge in [-0.25, -0.2) is 19.2 Å². The summed E-state index contributed by atoms with van der Waals surface area (Å²) in [6.45, 7) is 0. The highest BCUT2D eigenvalue weighted by Gasteiger charge is 2.14. The zero-order chi connectivity index (χ0) is 17.7. The highest BCUT2D eigenvalue weighted by molar-refractivity contribution is 6.30. The van der Waals surface area contributed by atoms with Crippen LogP contribution < -0.4 is 0 Å². The lowest BCUT2D eigenvalue weighted by Crippen LogP contribution is -1.98. The molecule has 5 rings (SSSR count). The number of phenolic OH excluding ortho intramolecular Hbond substituents is 1. The molecule has 3 aromatic heterocycles. The first-order chi connectivity index (χ1) is 12.7. The minimum Gasteiger partial charge on any atom is -0.508 e. The second kappa shape index (κ2) is 5.53. The van der Waals surface area contributed by atoms with Gasteiger partial charge in [0.05, 0.1) is 17.3 Å². The summed E-state index contributed by atoms with van der Waals surface area (Å²) in [5, 5.41) is 19.7. The van der Waals surface area contributed by atoms with Crippen molar-refractivity contribution in [3.63, 3.8) is 0 Å². The van der Waals surface area contributed by atoms with Gasteiger partial charge in [-0.05, 0) is 42.5 Å². The van der Waals surface area contributed by atoms with Gasteiger partial charge >= 0.3 is 0 Å². The Morgan fingerprint density at radius 1 is 1.00 bits per heavy atom. The van der Waals surface area contributed by atoms with Crippen molar-refractivity contribution < 1.29 is 5.11 Å². The van der Waals surface area contributed by atoms with Crippen LogP contribution in [0.3, 0.4) is 0 Å². The van der Waals surface area contributed by atoms with E-state index >= 15 is 0 Å². The number of aromatic nitrogens is 6. The molecular formula is C18H11ClN6O. The van der Waals surface area contributed by atoms with Gasteiger partial charge < -0.3 is 5.11 Å². The molecular weight excluding hydrogens is 352 g/mol. The Morgan fingerprint density at radius 3 is 2.65 bits per heavy atom. The third-order valence-electron chi connectivity index (χ3n) is 4.08. The van der Waals surface area contributed by atoms with E-state index in [9.17, 15) is 5.11 Å². The van der Waals surface area contributed by atoms with Crippen LogP contribution in [-0.4, -0.2) is 34.5 Å². The van der Waals surface area contributed by atoms with E-state index in [1.54, 1.807) is 46.0 Å². The van der Waals surface area contributed by atoms with E-state index in [2.05, 4.69) is 20.2 Å². The minimum absolute atomic E-state index is 0.198. The van der Waals surface area contributed by atoms with Crippen LogP contribution in [0.15, 0.2) is 61.1 Å². The maximum atomic E-state index is 9.44. The van der Waals surface area contributed by atoms with Crippen LogP contribution in [0.5, 0.6) is 5.75 Å². The molecule has 0 aliphatic heterocycles. The first-order valence-corrected chi connectivity index (χ1v) is 8.21. The van der Waals surface area contributed by atoms with E-state index in [1.807, 2.05) is 24.3 Å². The van der Waals surface area contributed by atoms with E-state index in [0.717, 1.165) is 16.6 Å². The lowest BCUT2D eigenvalue weighted by atomic mass is 10.2. The van der Waals surface area contributed by atoms with E-state index < -0.39 is 0 Å². The average Bonchev–Trinajstić information content (AvgIpc) is 3.26. The Balaban J connectivity index is 1.70. The fourth-order valence-corrected chi connectivity index (χ4v) is 3.03. The number of hydrogen-bond donors (Lipinski definition) is 1. The van der Waals surface area contributed by atoms with Crippen LogP contribution in [0.4, 0.5) is 0 Å². The monoisotopic (exact) mass is 362 g/mol. The fourth-order valence-electron chi connectivity index (χ4n) is 2.85. The van der Waals surface area contributed by atoms with Crippen molar-refractivity contribution in [3.8, 4) is 22.8 Å². The van der Waals surface area contributed by atoms with Crippen molar-refractivity contribution in [2.24, 2.45) is 0 Å². The third kappa shape index (κ3) is 2.29.